The van der Waals surface area contributed by atoms with E-state index in [0.29, 0.717) is 31.0 Å². The molecule has 12 nitrogen and oxygen atoms in total. The topological polar surface area (TPSA) is 148 Å². The zero-order valence-electron chi connectivity index (χ0n) is 32.2. The largest absolute Gasteiger partial charge is 0.453 e. The lowest BCUT2D eigenvalue weighted by molar-refractivity contribution is -0.134. The van der Waals surface area contributed by atoms with Crippen LogP contribution in [0.3, 0.4) is 0 Å². The van der Waals surface area contributed by atoms with E-state index in [0.717, 1.165) is 70.7 Å². The molecule has 6 aromatic rings. The minimum Gasteiger partial charge on any atom is -0.453 e. The molecule has 292 valence electrons. The zero-order chi connectivity index (χ0) is 39.8. The molecule has 0 saturated carbocycles. The molecule has 4 amide bonds. The van der Waals surface area contributed by atoms with Gasteiger partial charge in [-0.3, -0.25) is 4.79 Å². The maximum absolute atomic E-state index is 13.9. The fraction of sp³-hybridized carbons (Fsp3) is 0.239. The summed E-state index contributed by atoms with van der Waals surface area (Å²) in [6.07, 6.45) is 6.32. The van der Waals surface area contributed by atoms with Gasteiger partial charge in [0.25, 0.3) is 5.91 Å². The Morgan fingerprint density at radius 1 is 0.724 bits per heavy atom. The number of carbonyl (C=O) groups is 3. The van der Waals surface area contributed by atoms with Crippen LogP contribution in [0.1, 0.15) is 77.7 Å². The number of imidazole rings is 2. The van der Waals surface area contributed by atoms with Crippen LogP contribution in [0, 0.1) is 11.8 Å². The van der Waals surface area contributed by atoms with Gasteiger partial charge in [-0.05, 0) is 72.2 Å². The minimum absolute atomic E-state index is 0.0796. The Morgan fingerprint density at radius 3 is 1.79 bits per heavy atom. The van der Waals surface area contributed by atoms with Gasteiger partial charge >= 0.3 is 12.1 Å². The molecule has 3 atom stereocenters. The number of urea groups is 1. The van der Waals surface area contributed by atoms with Gasteiger partial charge in [0.1, 0.15) is 17.7 Å². The first-order valence-electron chi connectivity index (χ1n) is 19.5. The molecule has 2 fully saturated rings. The van der Waals surface area contributed by atoms with Crippen molar-refractivity contribution in [2.24, 2.45) is 0 Å². The molecule has 12 heteroatoms. The standard InChI is InChI=1S/C46H44N8O4/c1-58-46(57)52-41(36-12-6-3-7-13-36)44(55)53-26-8-14-39(53)42-47-29-37(50-42)34-22-18-31(19-23-34)16-17-32-20-24-35(25-21-32)38-30-48-43(51-38)40-15-9-27-54(40)45(56)49-28-33-10-4-2-5-11-33/h2-7,10-13,18-25,29-30,39-41H,8-9,14-15,26-28H2,1H3,(H,47,50)(H,48,51)(H,49,56)(H,52,57)/t39?,40-,41+/m0/s1. The third-order valence-corrected chi connectivity index (χ3v) is 10.7. The Morgan fingerprint density at radius 2 is 1.24 bits per heavy atom. The molecular formula is C46H44N8O4. The predicted octanol–water partition coefficient (Wildman–Crippen LogP) is 7.67. The summed E-state index contributed by atoms with van der Waals surface area (Å²) >= 11 is 0. The average Bonchev–Trinajstić information content (AvgIpc) is 4.12. The Labute approximate surface area is 337 Å². The van der Waals surface area contributed by atoms with E-state index in [2.05, 4.69) is 42.4 Å². The summed E-state index contributed by atoms with van der Waals surface area (Å²) in [5.41, 5.74) is 7.17. The molecule has 2 aromatic heterocycles. The van der Waals surface area contributed by atoms with Gasteiger partial charge in [-0.15, -0.1) is 0 Å². The number of hydrogen-bond acceptors (Lipinski definition) is 6. The molecule has 2 aliphatic rings. The van der Waals surface area contributed by atoms with Crippen LogP contribution in [0.5, 0.6) is 0 Å². The third kappa shape index (κ3) is 8.49. The van der Waals surface area contributed by atoms with E-state index in [-0.39, 0.29) is 24.0 Å². The number of nitrogens with one attached hydrogen (secondary N) is 4. The number of amides is 4. The maximum atomic E-state index is 13.9. The van der Waals surface area contributed by atoms with Crippen molar-refractivity contribution in [2.75, 3.05) is 20.2 Å². The molecule has 4 N–H and O–H groups in total. The van der Waals surface area contributed by atoms with Gasteiger partial charge in [0.05, 0.1) is 43.0 Å². The number of ether oxygens (including phenoxy) is 1. The van der Waals surface area contributed by atoms with E-state index in [1.54, 1.807) is 11.1 Å². The Hall–Kier alpha value is -7.13. The van der Waals surface area contributed by atoms with Crippen LogP contribution in [0.2, 0.25) is 0 Å². The summed E-state index contributed by atoms with van der Waals surface area (Å²) in [6.45, 7) is 1.74. The van der Waals surface area contributed by atoms with E-state index < -0.39 is 12.1 Å². The summed E-state index contributed by atoms with van der Waals surface area (Å²) in [5, 5.41) is 5.76. The van der Waals surface area contributed by atoms with Gasteiger partial charge < -0.3 is 35.1 Å². The highest BCUT2D eigenvalue weighted by Gasteiger charge is 2.37. The minimum atomic E-state index is -0.874. The van der Waals surface area contributed by atoms with Crippen molar-refractivity contribution in [2.45, 2.75) is 50.4 Å². The Bertz CT molecular complexity index is 2420. The van der Waals surface area contributed by atoms with Gasteiger partial charge in [-0.1, -0.05) is 96.8 Å². The molecular weight excluding hydrogens is 729 g/mol. The average molecular weight is 773 g/mol. The number of likely N-dealkylation sites (tertiary alicyclic amines) is 2. The highest BCUT2D eigenvalue weighted by molar-refractivity contribution is 5.87. The predicted molar refractivity (Wildman–Crippen MR) is 220 cm³/mol. The molecule has 0 spiro atoms. The quantitative estimate of drug-likeness (QED) is 0.111. The first-order valence-corrected chi connectivity index (χ1v) is 19.5. The molecule has 0 aliphatic carbocycles. The van der Waals surface area contributed by atoms with Crippen molar-refractivity contribution in [3.63, 3.8) is 0 Å². The molecule has 2 saturated heterocycles. The van der Waals surface area contributed by atoms with Crippen LogP contribution < -0.4 is 10.6 Å². The smallest absolute Gasteiger partial charge is 0.407 e. The van der Waals surface area contributed by atoms with Gasteiger partial charge in [-0.2, -0.15) is 0 Å². The summed E-state index contributed by atoms with van der Waals surface area (Å²) < 4.78 is 4.82. The van der Waals surface area contributed by atoms with E-state index in [9.17, 15) is 14.4 Å². The molecule has 0 radical (unpaired) electrons. The normalized spacial score (nSPS) is 16.6. The molecule has 4 aromatic carbocycles. The summed E-state index contributed by atoms with van der Waals surface area (Å²) in [7, 11) is 1.28. The number of hydrogen-bond donors (Lipinski definition) is 4. The van der Waals surface area contributed by atoms with Crippen molar-refractivity contribution >= 4 is 18.0 Å². The molecule has 4 heterocycles. The number of nitrogens with zero attached hydrogens (tertiary/aromatic N) is 4. The number of H-pyrrole nitrogens is 2. The zero-order valence-corrected chi connectivity index (χ0v) is 32.2. The fourth-order valence-corrected chi connectivity index (χ4v) is 7.68. The highest BCUT2D eigenvalue weighted by atomic mass is 16.5. The second kappa shape index (κ2) is 17.3. The maximum Gasteiger partial charge on any atom is 0.407 e. The summed E-state index contributed by atoms with van der Waals surface area (Å²) in [5.74, 6) is 7.81. The summed E-state index contributed by atoms with van der Waals surface area (Å²) in [6, 6.07) is 33.8. The van der Waals surface area contributed by atoms with E-state index in [1.165, 1.54) is 7.11 Å². The first-order chi connectivity index (χ1) is 28.4. The second-order valence-corrected chi connectivity index (χ2v) is 14.4. The van der Waals surface area contributed by atoms with Crippen LogP contribution in [0.4, 0.5) is 9.59 Å². The monoisotopic (exact) mass is 772 g/mol. The van der Waals surface area contributed by atoms with Crippen molar-refractivity contribution in [3.05, 3.63) is 155 Å². The van der Waals surface area contributed by atoms with Crippen LogP contribution in [-0.4, -0.2) is 68.0 Å². The Kier molecular flexibility index (Phi) is 11.3. The molecule has 8 rings (SSSR count). The van der Waals surface area contributed by atoms with Gasteiger partial charge in [0.15, 0.2) is 0 Å². The SMILES string of the molecule is COC(=O)N[C@@H](C(=O)N1CCCC1c1ncc(-c2ccc(C#Cc3ccc(-c4cnc([C@@H]5CCCN5C(=O)NCc5ccccc5)[nH]4)cc3)cc2)[nH]1)c1ccccc1. The number of alkyl carbamates (subject to hydrolysis) is 1. The van der Waals surface area contributed by atoms with Crippen molar-refractivity contribution in [1.82, 2.24) is 40.4 Å². The summed E-state index contributed by atoms with van der Waals surface area (Å²) in [4.78, 5) is 59.0. The lowest BCUT2D eigenvalue weighted by atomic mass is 10.1. The second-order valence-electron chi connectivity index (χ2n) is 14.4. The number of carbonyl (C=O) groups excluding carboxylic acids is 3. The lowest BCUT2D eigenvalue weighted by Gasteiger charge is -2.28. The van der Waals surface area contributed by atoms with Crippen LogP contribution in [-0.2, 0) is 16.1 Å². The number of methoxy groups -OCH3 is 1. The van der Waals surface area contributed by atoms with Crippen LogP contribution >= 0.6 is 0 Å². The lowest BCUT2D eigenvalue weighted by Crippen LogP contribution is -2.42. The van der Waals surface area contributed by atoms with Crippen molar-refractivity contribution in [1.29, 1.82) is 0 Å². The number of rotatable bonds is 9. The number of aromatic nitrogens is 4. The van der Waals surface area contributed by atoms with E-state index in [1.807, 2.05) is 120 Å². The van der Waals surface area contributed by atoms with E-state index in [4.69, 9.17) is 4.74 Å². The molecule has 2 aliphatic heterocycles. The van der Waals surface area contributed by atoms with Gasteiger partial charge in [0, 0.05) is 30.8 Å². The molecule has 0 bridgehead atoms. The number of aromatic amines is 2. The van der Waals surface area contributed by atoms with Crippen LogP contribution in [0.15, 0.2) is 122 Å². The highest BCUT2D eigenvalue weighted by Crippen LogP contribution is 2.35. The fourth-order valence-electron chi connectivity index (χ4n) is 7.68. The van der Waals surface area contributed by atoms with Crippen molar-refractivity contribution in [3.8, 4) is 34.4 Å². The first kappa shape index (κ1) is 37.8. The number of benzene rings is 4. The van der Waals surface area contributed by atoms with Crippen molar-refractivity contribution < 1.29 is 19.1 Å². The third-order valence-electron chi connectivity index (χ3n) is 10.7. The van der Waals surface area contributed by atoms with Crippen LogP contribution in [0.25, 0.3) is 22.5 Å². The van der Waals surface area contributed by atoms with Gasteiger partial charge in [-0.25, -0.2) is 19.6 Å². The molecule has 1 unspecified atom stereocenters. The Balaban J connectivity index is 0.883. The molecule has 58 heavy (non-hydrogen) atoms. The van der Waals surface area contributed by atoms with E-state index >= 15 is 0 Å². The van der Waals surface area contributed by atoms with Gasteiger partial charge in [0.2, 0.25) is 0 Å².